The third kappa shape index (κ3) is 5.53. The van der Waals surface area contributed by atoms with Crippen molar-refractivity contribution in [1.82, 2.24) is 4.90 Å². The van der Waals surface area contributed by atoms with Crippen molar-refractivity contribution in [3.8, 4) is 6.07 Å². The number of hydrogen-bond donors (Lipinski definition) is 1. The van der Waals surface area contributed by atoms with E-state index >= 15 is 0 Å². The Morgan fingerprint density at radius 3 is 2.65 bits per heavy atom. The van der Waals surface area contributed by atoms with Crippen LogP contribution in [0.3, 0.4) is 0 Å². The minimum Gasteiger partial charge on any atom is -0.315 e. The van der Waals surface area contributed by atoms with E-state index in [1.165, 1.54) is 28.9 Å². The van der Waals surface area contributed by atoms with Crippen molar-refractivity contribution in [2.45, 2.75) is 52.0 Å². The normalized spacial score (nSPS) is 15.8. The van der Waals surface area contributed by atoms with E-state index in [0.717, 1.165) is 31.2 Å². The van der Waals surface area contributed by atoms with Gasteiger partial charge in [-0.1, -0.05) is 13.3 Å². The average Bonchev–Trinajstić information content (AvgIpc) is 2.71. The lowest BCUT2D eigenvalue weighted by Gasteiger charge is -2.26. The molecule has 0 saturated carbocycles. The summed E-state index contributed by atoms with van der Waals surface area (Å²) in [5, 5.41) is 13.1. The number of carbonyl (C=O) groups excluding carboxylic acids is 1. The zero-order chi connectivity index (χ0) is 19.3. The molecular weight excluding hydrogens is 370 g/mol. The van der Waals surface area contributed by atoms with Crippen LogP contribution in [0.25, 0.3) is 0 Å². The van der Waals surface area contributed by atoms with Crippen LogP contribution >= 0.6 is 11.3 Å². The van der Waals surface area contributed by atoms with Crippen molar-refractivity contribution in [1.29, 1.82) is 5.26 Å². The molecule has 8 heteroatoms. The molecule has 0 radical (unpaired) electrons. The third-order valence-corrected chi connectivity index (χ3v) is 7.00. The summed E-state index contributed by atoms with van der Waals surface area (Å²) in [4.78, 5) is 15.5. The Morgan fingerprint density at radius 1 is 1.35 bits per heavy atom. The molecule has 1 atom stereocenters. The van der Waals surface area contributed by atoms with Crippen LogP contribution in [0, 0.1) is 11.3 Å². The summed E-state index contributed by atoms with van der Waals surface area (Å²) in [7, 11) is -3.10. The van der Waals surface area contributed by atoms with Gasteiger partial charge in [0.05, 0.1) is 17.9 Å². The van der Waals surface area contributed by atoms with Gasteiger partial charge in [-0.3, -0.25) is 9.69 Å². The van der Waals surface area contributed by atoms with Gasteiger partial charge in [-0.2, -0.15) is 5.26 Å². The molecule has 0 aliphatic heterocycles. The summed E-state index contributed by atoms with van der Waals surface area (Å²) >= 11 is 1.51. The first-order valence-corrected chi connectivity index (χ1v) is 11.9. The fourth-order valence-electron chi connectivity index (χ4n) is 3.42. The predicted molar refractivity (Wildman–Crippen MR) is 105 cm³/mol. The Labute approximate surface area is 160 Å². The molecule has 0 bridgehead atoms. The largest absolute Gasteiger partial charge is 0.315 e. The molecular formula is C18H27N3O3S2. The van der Waals surface area contributed by atoms with Crippen molar-refractivity contribution in [3.63, 3.8) is 0 Å². The highest BCUT2D eigenvalue weighted by atomic mass is 32.2. The van der Waals surface area contributed by atoms with Gasteiger partial charge in [0.25, 0.3) is 0 Å². The second kappa shape index (κ2) is 8.98. The van der Waals surface area contributed by atoms with Gasteiger partial charge in [-0.15, -0.1) is 11.3 Å². The molecule has 1 N–H and O–H groups in total. The van der Waals surface area contributed by atoms with Gasteiger partial charge in [0, 0.05) is 17.2 Å². The quantitative estimate of drug-likeness (QED) is 0.714. The average molecular weight is 398 g/mol. The zero-order valence-corrected chi connectivity index (χ0v) is 17.3. The predicted octanol–water partition coefficient (Wildman–Crippen LogP) is 2.58. The Morgan fingerprint density at radius 2 is 2.04 bits per heavy atom. The lowest BCUT2D eigenvalue weighted by molar-refractivity contribution is -0.117. The lowest BCUT2D eigenvalue weighted by Crippen LogP contribution is -2.42. The standard InChI is InChI=1S/C18H27N3O3S2/c1-4-21(13(2)12-26(3,23)24)11-17(22)20-18-15(10-19)14-8-6-5-7-9-16(14)25-18/h13H,4-9,11-12H2,1-3H3,(H,20,22). The lowest BCUT2D eigenvalue weighted by atomic mass is 10.1. The number of nitrogens with one attached hydrogen (secondary N) is 1. The molecule has 0 fully saturated rings. The second-order valence-corrected chi connectivity index (χ2v) is 10.2. The van der Waals surface area contributed by atoms with Crippen LogP contribution in [0.15, 0.2) is 0 Å². The Balaban J connectivity index is 2.08. The zero-order valence-electron chi connectivity index (χ0n) is 15.7. The van der Waals surface area contributed by atoms with E-state index < -0.39 is 9.84 Å². The monoisotopic (exact) mass is 397 g/mol. The minimum absolute atomic E-state index is 0.0187. The number of fused-ring (bicyclic) bond motifs is 1. The van der Waals surface area contributed by atoms with Crippen LogP contribution in [-0.2, 0) is 27.5 Å². The van der Waals surface area contributed by atoms with Crippen LogP contribution in [-0.4, -0.2) is 50.4 Å². The first-order chi connectivity index (χ1) is 12.2. The van der Waals surface area contributed by atoms with Gasteiger partial charge < -0.3 is 5.32 Å². The van der Waals surface area contributed by atoms with E-state index in [0.29, 0.717) is 17.1 Å². The summed E-state index contributed by atoms with van der Waals surface area (Å²) in [6, 6.07) is 2.02. The molecule has 144 valence electrons. The highest BCUT2D eigenvalue weighted by Gasteiger charge is 2.23. The Kier molecular flexibility index (Phi) is 7.21. The van der Waals surface area contributed by atoms with Crippen molar-refractivity contribution in [2.24, 2.45) is 0 Å². The van der Waals surface area contributed by atoms with Crippen LogP contribution in [0.2, 0.25) is 0 Å². The maximum absolute atomic E-state index is 12.5. The smallest absolute Gasteiger partial charge is 0.239 e. The van der Waals surface area contributed by atoms with Gasteiger partial charge in [0.2, 0.25) is 5.91 Å². The Bertz CT molecular complexity index is 793. The summed E-state index contributed by atoms with van der Waals surface area (Å²) in [5.41, 5.74) is 1.70. The highest BCUT2D eigenvalue weighted by Crippen LogP contribution is 2.36. The molecule has 1 aliphatic rings. The minimum atomic E-state index is -3.10. The number of aryl methyl sites for hydroxylation is 1. The summed E-state index contributed by atoms with van der Waals surface area (Å²) in [5.74, 6) is -0.190. The van der Waals surface area contributed by atoms with E-state index in [1.807, 2.05) is 18.7 Å². The van der Waals surface area contributed by atoms with E-state index in [2.05, 4.69) is 11.4 Å². The SMILES string of the molecule is CCN(CC(=O)Nc1sc2c(c1C#N)CCCCC2)C(C)CS(C)(=O)=O. The van der Waals surface area contributed by atoms with E-state index in [-0.39, 0.29) is 24.2 Å². The molecule has 1 unspecified atom stereocenters. The number of nitriles is 1. The number of nitrogens with zero attached hydrogens (tertiary/aromatic N) is 2. The molecule has 6 nitrogen and oxygen atoms in total. The molecule has 1 heterocycles. The van der Waals surface area contributed by atoms with Crippen LogP contribution in [0.5, 0.6) is 0 Å². The van der Waals surface area contributed by atoms with E-state index in [9.17, 15) is 18.5 Å². The van der Waals surface area contributed by atoms with Crippen LogP contribution in [0.4, 0.5) is 5.00 Å². The molecule has 2 rings (SSSR count). The first-order valence-electron chi connectivity index (χ1n) is 9.01. The number of carbonyl (C=O) groups is 1. The number of rotatable bonds is 7. The van der Waals surface area contributed by atoms with Gasteiger partial charge in [-0.05, 0) is 44.7 Å². The van der Waals surface area contributed by atoms with E-state index in [1.54, 1.807) is 0 Å². The van der Waals surface area contributed by atoms with Crippen molar-refractivity contribution >= 4 is 32.1 Å². The van der Waals surface area contributed by atoms with Gasteiger partial charge >= 0.3 is 0 Å². The van der Waals surface area contributed by atoms with Crippen molar-refractivity contribution in [2.75, 3.05) is 30.4 Å². The molecule has 26 heavy (non-hydrogen) atoms. The molecule has 1 aliphatic carbocycles. The van der Waals surface area contributed by atoms with Crippen LogP contribution in [0.1, 0.15) is 49.1 Å². The van der Waals surface area contributed by atoms with Gasteiger partial charge in [0.1, 0.15) is 20.9 Å². The van der Waals surface area contributed by atoms with Crippen LogP contribution < -0.4 is 5.32 Å². The highest BCUT2D eigenvalue weighted by molar-refractivity contribution is 7.90. The fraction of sp³-hybridized carbons (Fsp3) is 0.667. The number of anilines is 1. The first kappa shape index (κ1) is 20.9. The maximum Gasteiger partial charge on any atom is 0.239 e. The number of thiophene rings is 1. The maximum atomic E-state index is 12.5. The molecule has 0 aromatic carbocycles. The molecule has 1 aromatic heterocycles. The third-order valence-electron chi connectivity index (χ3n) is 4.71. The number of amides is 1. The second-order valence-electron chi connectivity index (χ2n) is 6.93. The van der Waals surface area contributed by atoms with Crippen molar-refractivity contribution in [3.05, 3.63) is 16.0 Å². The Hall–Kier alpha value is -1.43. The van der Waals surface area contributed by atoms with E-state index in [4.69, 9.17) is 0 Å². The molecule has 0 saturated heterocycles. The fourth-order valence-corrected chi connectivity index (χ4v) is 5.77. The number of sulfone groups is 1. The molecule has 0 spiro atoms. The number of likely N-dealkylation sites (N-methyl/N-ethyl adjacent to an activating group) is 1. The number of hydrogen-bond acceptors (Lipinski definition) is 6. The molecule has 1 aromatic rings. The summed E-state index contributed by atoms with van der Waals surface area (Å²) < 4.78 is 23.0. The van der Waals surface area contributed by atoms with Gasteiger partial charge in [-0.25, -0.2) is 8.42 Å². The topological polar surface area (TPSA) is 90.3 Å². The summed E-state index contributed by atoms with van der Waals surface area (Å²) in [6.45, 7) is 4.41. The van der Waals surface area contributed by atoms with Gasteiger partial charge in [0.15, 0.2) is 0 Å². The van der Waals surface area contributed by atoms with Crippen molar-refractivity contribution < 1.29 is 13.2 Å². The molecule has 1 amide bonds. The summed E-state index contributed by atoms with van der Waals surface area (Å²) in [6.07, 6.45) is 6.46.